The molecule has 11 atom stereocenters. The van der Waals surface area contributed by atoms with Gasteiger partial charge in [-0.1, -0.05) is 19.9 Å². The SMILES string of the molecule is COC(=O)C1C2C3CC[C@@]4(CC(O)C(=O)O4)[C@@]3(C)C[C@@H]3O[C@@]23[C@@]2(C)CC[C@H](O)C=C2[C@@H]1O. The van der Waals surface area contributed by atoms with Gasteiger partial charge in [-0.3, -0.25) is 4.79 Å². The highest BCUT2D eigenvalue weighted by Crippen LogP contribution is 2.78. The summed E-state index contributed by atoms with van der Waals surface area (Å²) in [6.07, 6.45) is 2.23. The Labute approximate surface area is 186 Å². The number of aliphatic hydroxyl groups excluding tert-OH is 3. The van der Waals surface area contributed by atoms with Gasteiger partial charge in [-0.2, -0.15) is 0 Å². The minimum atomic E-state index is -1.13. The summed E-state index contributed by atoms with van der Waals surface area (Å²) in [5, 5.41) is 32.0. The fraction of sp³-hybridized carbons (Fsp3) is 0.833. The number of rotatable bonds is 1. The van der Waals surface area contributed by atoms with Gasteiger partial charge >= 0.3 is 11.9 Å². The monoisotopic (exact) mass is 448 g/mol. The second kappa shape index (κ2) is 6.14. The number of carbonyl (C=O) groups excluding carboxylic acids is 2. The van der Waals surface area contributed by atoms with Crippen LogP contribution in [0.2, 0.25) is 0 Å². The van der Waals surface area contributed by atoms with E-state index in [0.29, 0.717) is 31.3 Å². The Balaban J connectivity index is 1.50. The molecule has 3 N–H and O–H groups in total. The fourth-order valence-corrected chi connectivity index (χ4v) is 8.89. The molecule has 6 aliphatic rings. The summed E-state index contributed by atoms with van der Waals surface area (Å²) < 4.78 is 17.6. The molecule has 2 heterocycles. The predicted molar refractivity (Wildman–Crippen MR) is 109 cm³/mol. The van der Waals surface area contributed by atoms with Crippen LogP contribution in [-0.2, 0) is 23.8 Å². The lowest BCUT2D eigenvalue weighted by Gasteiger charge is -2.60. The molecule has 4 aliphatic carbocycles. The quantitative estimate of drug-likeness (QED) is 0.306. The first-order valence-corrected chi connectivity index (χ1v) is 11.8. The minimum Gasteiger partial charge on any atom is -0.469 e. The Morgan fingerprint density at radius 3 is 2.56 bits per heavy atom. The molecule has 2 aliphatic heterocycles. The van der Waals surface area contributed by atoms with Crippen LogP contribution in [0.5, 0.6) is 0 Å². The van der Waals surface area contributed by atoms with Crippen molar-refractivity contribution in [3.63, 3.8) is 0 Å². The van der Waals surface area contributed by atoms with Crippen LogP contribution in [0, 0.1) is 28.6 Å². The Hall–Kier alpha value is -1.48. The van der Waals surface area contributed by atoms with Gasteiger partial charge in [0.1, 0.15) is 11.2 Å². The Morgan fingerprint density at radius 1 is 1.16 bits per heavy atom. The van der Waals surface area contributed by atoms with E-state index in [1.54, 1.807) is 6.08 Å². The second-order valence-corrected chi connectivity index (χ2v) is 11.4. The summed E-state index contributed by atoms with van der Waals surface area (Å²) >= 11 is 0. The van der Waals surface area contributed by atoms with Crippen molar-refractivity contribution < 1.29 is 39.1 Å². The van der Waals surface area contributed by atoms with Crippen LogP contribution in [0.25, 0.3) is 0 Å². The second-order valence-electron chi connectivity index (χ2n) is 11.4. The number of epoxide rings is 1. The third-order valence-corrected chi connectivity index (χ3v) is 10.4. The van der Waals surface area contributed by atoms with E-state index in [0.717, 1.165) is 6.42 Å². The van der Waals surface area contributed by atoms with Crippen LogP contribution in [0.4, 0.5) is 0 Å². The van der Waals surface area contributed by atoms with Gasteiger partial charge in [-0.05, 0) is 43.6 Å². The van der Waals surface area contributed by atoms with Crippen molar-refractivity contribution in [3.8, 4) is 0 Å². The van der Waals surface area contributed by atoms with E-state index in [1.165, 1.54) is 7.11 Å². The molecule has 0 aromatic rings. The van der Waals surface area contributed by atoms with Crippen molar-refractivity contribution in [3.05, 3.63) is 11.6 Å². The Morgan fingerprint density at radius 2 is 1.91 bits per heavy atom. The molecule has 2 spiro atoms. The zero-order valence-electron chi connectivity index (χ0n) is 18.7. The first kappa shape index (κ1) is 21.1. The van der Waals surface area contributed by atoms with Crippen molar-refractivity contribution in [2.45, 2.75) is 88.0 Å². The van der Waals surface area contributed by atoms with E-state index in [9.17, 15) is 24.9 Å². The van der Waals surface area contributed by atoms with Crippen molar-refractivity contribution in [1.82, 2.24) is 0 Å². The van der Waals surface area contributed by atoms with Gasteiger partial charge < -0.3 is 29.5 Å². The van der Waals surface area contributed by atoms with Crippen molar-refractivity contribution in [2.75, 3.05) is 7.11 Å². The van der Waals surface area contributed by atoms with Crippen LogP contribution in [-0.4, -0.2) is 70.0 Å². The maximum absolute atomic E-state index is 13.1. The van der Waals surface area contributed by atoms with Crippen LogP contribution in [0.1, 0.15) is 52.4 Å². The molecule has 0 aromatic heterocycles. The number of hydrogen-bond acceptors (Lipinski definition) is 8. The number of esters is 2. The van der Waals surface area contributed by atoms with Gasteiger partial charge in [0.15, 0.2) is 6.10 Å². The normalized spacial score (nSPS) is 57.6. The topological polar surface area (TPSA) is 126 Å². The molecule has 0 bridgehead atoms. The molecule has 8 heteroatoms. The highest BCUT2D eigenvalue weighted by Gasteiger charge is 2.84. The van der Waals surface area contributed by atoms with Crippen LogP contribution in [0.15, 0.2) is 11.6 Å². The van der Waals surface area contributed by atoms with Crippen molar-refractivity contribution in [1.29, 1.82) is 0 Å². The molecule has 32 heavy (non-hydrogen) atoms. The maximum atomic E-state index is 13.1. The number of fused-ring (bicyclic) bond motifs is 4. The summed E-state index contributed by atoms with van der Waals surface area (Å²) in [7, 11) is 1.33. The number of aliphatic hydroxyl groups is 3. The molecule has 0 radical (unpaired) electrons. The molecule has 0 aromatic carbocycles. The Bertz CT molecular complexity index is 931. The summed E-state index contributed by atoms with van der Waals surface area (Å²) in [5.41, 5.74) is -1.68. The summed E-state index contributed by atoms with van der Waals surface area (Å²) in [6.45, 7) is 4.20. The van der Waals surface area contributed by atoms with Crippen LogP contribution in [0.3, 0.4) is 0 Å². The number of methoxy groups -OCH3 is 1. The lowest BCUT2D eigenvalue weighted by Crippen LogP contribution is -2.66. The van der Waals surface area contributed by atoms with Gasteiger partial charge in [0.2, 0.25) is 0 Å². The fourth-order valence-electron chi connectivity index (χ4n) is 8.89. The summed E-state index contributed by atoms with van der Waals surface area (Å²) in [4.78, 5) is 25.3. The van der Waals surface area contributed by atoms with Crippen molar-refractivity contribution >= 4 is 11.9 Å². The van der Waals surface area contributed by atoms with Gasteiger partial charge in [-0.25, -0.2) is 4.79 Å². The lowest BCUT2D eigenvalue weighted by atomic mass is 9.43. The van der Waals surface area contributed by atoms with Gasteiger partial charge in [-0.15, -0.1) is 0 Å². The smallest absolute Gasteiger partial charge is 0.335 e. The molecule has 4 unspecified atom stereocenters. The molecule has 6 rings (SSSR count). The van der Waals surface area contributed by atoms with E-state index in [4.69, 9.17) is 14.2 Å². The zero-order chi connectivity index (χ0) is 22.8. The van der Waals surface area contributed by atoms with Gasteiger partial charge in [0.25, 0.3) is 0 Å². The summed E-state index contributed by atoms with van der Waals surface area (Å²) in [6, 6.07) is 0. The molecule has 5 fully saturated rings. The molecule has 2 saturated heterocycles. The van der Waals surface area contributed by atoms with E-state index in [-0.39, 0.29) is 24.4 Å². The third-order valence-electron chi connectivity index (χ3n) is 10.4. The average Bonchev–Trinajstić information content (AvgIpc) is 3.31. The molecule has 0 amide bonds. The lowest BCUT2D eigenvalue weighted by molar-refractivity contribution is -0.180. The molecule has 8 nitrogen and oxygen atoms in total. The molecule has 3 saturated carbocycles. The highest BCUT2D eigenvalue weighted by atomic mass is 16.6. The summed E-state index contributed by atoms with van der Waals surface area (Å²) in [5.74, 6) is -2.22. The van der Waals surface area contributed by atoms with E-state index in [2.05, 4.69) is 13.8 Å². The highest BCUT2D eigenvalue weighted by molar-refractivity contribution is 5.78. The average molecular weight is 449 g/mol. The van der Waals surface area contributed by atoms with E-state index in [1.807, 2.05) is 0 Å². The minimum absolute atomic E-state index is 0.0386. The molecule has 176 valence electrons. The zero-order valence-corrected chi connectivity index (χ0v) is 18.7. The number of carbonyl (C=O) groups is 2. The molecular weight excluding hydrogens is 416 g/mol. The first-order chi connectivity index (χ1) is 15.0. The third kappa shape index (κ3) is 2.14. The largest absolute Gasteiger partial charge is 0.469 e. The van der Waals surface area contributed by atoms with E-state index >= 15 is 0 Å². The number of hydrogen-bond donors (Lipinski definition) is 3. The Kier molecular flexibility index (Phi) is 4.05. The number of ether oxygens (including phenoxy) is 3. The van der Waals surface area contributed by atoms with E-state index < -0.39 is 58.2 Å². The standard InChI is InChI=1S/C24H32O8/c1-21-6-4-11(25)8-13(21)18(27)16(20(29)30-3)17-12-5-7-23(9-14(26)19(28)32-23)22(12,2)10-15-24(17,21)31-15/h8,11-12,14-18,25-27H,4-7,9-10H2,1-3H3/t11-,12?,14?,15-,16?,17?,18-,21-,22-,23+,24+/m0/s1. The van der Waals surface area contributed by atoms with Gasteiger partial charge in [0, 0.05) is 23.2 Å². The van der Waals surface area contributed by atoms with Crippen LogP contribution >= 0.6 is 0 Å². The first-order valence-electron chi connectivity index (χ1n) is 11.8. The van der Waals surface area contributed by atoms with Crippen molar-refractivity contribution in [2.24, 2.45) is 28.6 Å². The molecular formula is C24H32O8. The predicted octanol–water partition coefficient (Wildman–Crippen LogP) is 0.858. The van der Waals surface area contributed by atoms with Crippen LogP contribution < -0.4 is 0 Å². The van der Waals surface area contributed by atoms with Gasteiger partial charge in [0.05, 0.1) is 31.3 Å². The maximum Gasteiger partial charge on any atom is 0.335 e.